The van der Waals surface area contributed by atoms with E-state index < -0.39 is 6.04 Å². The molecule has 1 aromatic heterocycles. The number of benzene rings is 3. The summed E-state index contributed by atoms with van der Waals surface area (Å²) in [6.45, 7) is 9.11. The Kier molecular flexibility index (Phi) is 6.74. The molecule has 1 amide bonds. The maximum Gasteiger partial charge on any atom is 0.295 e. The van der Waals surface area contributed by atoms with Crippen LogP contribution in [0.15, 0.2) is 69.9 Å². The van der Waals surface area contributed by atoms with Crippen molar-refractivity contribution in [3.8, 4) is 11.5 Å². The Morgan fingerprint density at radius 3 is 2.46 bits per heavy atom. The largest absolute Gasteiger partial charge is 0.490 e. The summed E-state index contributed by atoms with van der Waals surface area (Å²) in [5, 5.41) is 0.450. The Balaban J connectivity index is 1.72. The SMILES string of the molecule is CCCCOc1ccc(C2c3c(oc4ccccc4c3=O)C(=O)N2c2ccc(C)c(C)c2)cc1OCC. The molecule has 0 spiro atoms. The van der Waals surface area contributed by atoms with E-state index in [0.717, 1.165) is 29.5 Å². The number of anilines is 1. The molecule has 5 rings (SSSR count). The van der Waals surface area contributed by atoms with E-state index in [1.54, 1.807) is 29.2 Å². The number of carbonyl (C=O) groups excluding carboxylic acids is 1. The van der Waals surface area contributed by atoms with Gasteiger partial charge in [-0.2, -0.15) is 0 Å². The minimum Gasteiger partial charge on any atom is -0.490 e. The van der Waals surface area contributed by atoms with Crippen LogP contribution in [0.5, 0.6) is 11.5 Å². The summed E-state index contributed by atoms with van der Waals surface area (Å²) in [6, 6.07) is 17.9. The van der Waals surface area contributed by atoms with Gasteiger partial charge in [-0.05, 0) is 80.3 Å². The molecule has 1 unspecified atom stereocenters. The average Bonchev–Trinajstić information content (AvgIpc) is 3.19. The normalized spacial score (nSPS) is 14.8. The minimum absolute atomic E-state index is 0.0770. The Hall–Kier alpha value is -4.06. The van der Waals surface area contributed by atoms with Gasteiger partial charge in [0.1, 0.15) is 5.58 Å². The monoisotopic (exact) mass is 497 g/mol. The van der Waals surface area contributed by atoms with E-state index in [2.05, 4.69) is 6.92 Å². The van der Waals surface area contributed by atoms with Crippen LogP contribution < -0.4 is 19.8 Å². The third-order valence-corrected chi connectivity index (χ3v) is 6.89. The molecular weight excluding hydrogens is 466 g/mol. The van der Waals surface area contributed by atoms with Gasteiger partial charge in [-0.3, -0.25) is 14.5 Å². The smallest absolute Gasteiger partial charge is 0.295 e. The summed E-state index contributed by atoms with van der Waals surface area (Å²) >= 11 is 0. The zero-order valence-electron chi connectivity index (χ0n) is 21.7. The molecule has 190 valence electrons. The predicted molar refractivity (Wildman–Crippen MR) is 145 cm³/mol. The quantitative estimate of drug-likeness (QED) is 0.252. The van der Waals surface area contributed by atoms with Gasteiger partial charge in [0.15, 0.2) is 16.9 Å². The van der Waals surface area contributed by atoms with E-state index in [0.29, 0.717) is 46.9 Å². The van der Waals surface area contributed by atoms with Crippen molar-refractivity contribution in [1.82, 2.24) is 0 Å². The molecule has 6 nitrogen and oxygen atoms in total. The van der Waals surface area contributed by atoms with Crippen molar-refractivity contribution >= 4 is 22.6 Å². The number of amides is 1. The highest BCUT2D eigenvalue weighted by atomic mass is 16.5. The second-order valence-corrected chi connectivity index (χ2v) is 9.36. The van der Waals surface area contributed by atoms with Gasteiger partial charge in [-0.1, -0.05) is 37.6 Å². The van der Waals surface area contributed by atoms with E-state index in [-0.39, 0.29) is 17.1 Å². The van der Waals surface area contributed by atoms with E-state index in [9.17, 15) is 9.59 Å². The molecular formula is C31H31NO5. The molecule has 0 saturated carbocycles. The number of carbonyl (C=O) groups is 1. The van der Waals surface area contributed by atoms with Crippen LogP contribution in [0, 0.1) is 13.8 Å². The summed E-state index contributed by atoms with van der Waals surface area (Å²) < 4.78 is 18.0. The van der Waals surface area contributed by atoms with Crippen LogP contribution in [0.1, 0.15) is 65.5 Å². The third kappa shape index (κ3) is 4.37. The van der Waals surface area contributed by atoms with Gasteiger partial charge < -0.3 is 13.9 Å². The second kappa shape index (κ2) is 10.1. The number of unbranched alkanes of at least 4 members (excludes halogenated alkanes) is 1. The Morgan fingerprint density at radius 1 is 0.892 bits per heavy atom. The highest BCUT2D eigenvalue weighted by molar-refractivity contribution is 6.10. The van der Waals surface area contributed by atoms with E-state index >= 15 is 0 Å². The lowest BCUT2D eigenvalue weighted by Gasteiger charge is -2.26. The lowest BCUT2D eigenvalue weighted by Crippen LogP contribution is -2.29. The van der Waals surface area contributed by atoms with Crippen LogP contribution in [-0.2, 0) is 0 Å². The van der Waals surface area contributed by atoms with E-state index in [1.165, 1.54) is 0 Å². The summed E-state index contributed by atoms with van der Waals surface area (Å²) in [5.74, 6) is 0.967. The first-order valence-electron chi connectivity index (χ1n) is 12.8. The van der Waals surface area contributed by atoms with Crippen molar-refractivity contribution in [2.45, 2.75) is 46.6 Å². The molecule has 0 radical (unpaired) electrons. The third-order valence-electron chi connectivity index (χ3n) is 6.89. The number of rotatable bonds is 8. The number of hydrogen-bond donors (Lipinski definition) is 0. The first-order valence-corrected chi connectivity index (χ1v) is 12.8. The fourth-order valence-corrected chi connectivity index (χ4v) is 4.79. The van der Waals surface area contributed by atoms with E-state index in [1.807, 2.05) is 57.2 Å². The number of para-hydroxylation sites is 1. The fourth-order valence-electron chi connectivity index (χ4n) is 4.79. The zero-order chi connectivity index (χ0) is 26.1. The summed E-state index contributed by atoms with van der Waals surface area (Å²) in [5.41, 5.74) is 4.16. The molecule has 3 aromatic carbocycles. The van der Waals surface area contributed by atoms with Crippen molar-refractivity contribution in [2.75, 3.05) is 18.1 Å². The van der Waals surface area contributed by atoms with Crippen molar-refractivity contribution in [2.24, 2.45) is 0 Å². The van der Waals surface area contributed by atoms with Crippen LogP contribution in [0.4, 0.5) is 5.69 Å². The average molecular weight is 498 g/mol. The summed E-state index contributed by atoms with van der Waals surface area (Å²) in [4.78, 5) is 29.3. The number of fused-ring (bicyclic) bond motifs is 2. The molecule has 0 N–H and O–H groups in total. The molecule has 1 aliphatic rings. The van der Waals surface area contributed by atoms with Gasteiger partial charge in [0, 0.05) is 5.69 Å². The maximum absolute atomic E-state index is 13.9. The molecule has 0 fully saturated rings. The van der Waals surface area contributed by atoms with Gasteiger partial charge >= 0.3 is 0 Å². The molecule has 0 saturated heterocycles. The molecule has 4 aromatic rings. The molecule has 37 heavy (non-hydrogen) atoms. The van der Waals surface area contributed by atoms with Gasteiger partial charge in [-0.25, -0.2) is 0 Å². The van der Waals surface area contributed by atoms with Crippen molar-refractivity contribution < 1.29 is 18.7 Å². The lowest BCUT2D eigenvalue weighted by molar-refractivity contribution is 0.0971. The predicted octanol–water partition coefficient (Wildman–Crippen LogP) is 6.74. The molecule has 6 heteroatoms. The fraction of sp³-hybridized carbons (Fsp3) is 0.290. The Labute approximate surface area is 216 Å². The Morgan fingerprint density at radius 2 is 1.70 bits per heavy atom. The number of aryl methyl sites for hydroxylation is 2. The van der Waals surface area contributed by atoms with Crippen LogP contribution in [0.25, 0.3) is 11.0 Å². The van der Waals surface area contributed by atoms with Crippen LogP contribution in [-0.4, -0.2) is 19.1 Å². The highest BCUT2D eigenvalue weighted by Gasteiger charge is 2.44. The van der Waals surface area contributed by atoms with Crippen molar-refractivity contribution in [3.05, 3.63) is 98.9 Å². The van der Waals surface area contributed by atoms with Gasteiger partial charge in [-0.15, -0.1) is 0 Å². The first kappa shape index (κ1) is 24.6. The second-order valence-electron chi connectivity index (χ2n) is 9.36. The highest BCUT2D eigenvalue weighted by Crippen LogP contribution is 2.43. The maximum atomic E-state index is 13.9. The summed E-state index contributed by atoms with van der Waals surface area (Å²) in [7, 11) is 0. The van der Waals surface area contributed by atoms with E-state index in [4.69, 9.17) is 13.9 Å². The van der Waals surface area contributed by atoms with Crippen LogP contribution >= 0.6 is 0 Å². The molecule has 1 atom stereocenters. The van der Waals surface area contributed by atoms with Gasteiger partial charge in [0.25, 0.3) is 5.91 Å². The summed E-state index contributed by atoms with van der Waals surface area (Å²) in [6.07, 6.45) is 1.96. The number of nitrogens with zero attached hydrogens (tertiary/aromatic N) is 1. The first-order chi connectivity index (χ1) is 17.9. The standard InChI is InChI=1S/C31H31NO5/c1-5-7-16-36-25-15-13-21(18-26(25)35-6-2)28-27-29(33)23-10-8-9-11-24(23)37-30(27)31(34)32(28)22-14-12-19(3)20(4)17-22/h8-15,17-18,28H,5-7,16H2,1-4H3. The Bertz CT molecular complexity index is 1540. The van der Waals surface area contributed by atoms with Crippen LogP contribution in [0.2, 0.25) is 0 Å². The molecule has 2 heterocycles. The lowest BCUT2D eigenvalue weighted by atomic mass is 9.97. The number of ether oxygens (including phenoxy) is 2. The molecule has 0 bridgehead atoms. The minimum atomic E-state index is -0.672. The van der Waals surface area contributed by atoms with Crippen molar-refractivity contribution in [3.63, 3.8) is 0 Å². The molecule has 1 aliphatic heterocycles. The van der Waals surface area contributed by atoms with Gasteiger partial charge in [0.05, 0.1) is 30.2 Å². The van der Waals surface area contributed by atoms with Gasteiger partial charge in [0.2, 0.25) is 5.76 Å². The van der Waals surface area contributed by atoms with Crippen LogP contribution in [0.3, 0.4) is 0 Å². The number of hydrogen-bond acceptors (Lipinski definition) is 5. The zero-order valence-corrected chi connectivity index (χ0v) is 21.7. The van der Waals surface area contributed by atoms with Crippen molar-refractivity contribution in [1.29, 1.82) is 0 Å². The topological polar surface area (TPSA) is 69.0 Å². The molecule has 0 aliphatic carbocycles.